The van der Waals surface area contributed by atoms with Crippen LogP contribution in [0.3, 0.4) is 0 Å². The molecule has 6 nitrogen and oxygen atoms in total. The average molecular weight is 383 g/mol. The summed E-state index contributed by atoms with van der Waals surface area (Å²) < 4.78 is 25.6. The first-order valence-electron chi connectivity index (χ1n) is 9.31. The molecule has 0 unspecified atom stereocenters. The third-order valence-electron chi connectivity index (χ3n) is 5.60. The Kier molecular flexibility index (Phi) is 6.82. The molecule has 2 rings (SSSR count). The number of nitrogens with zero attached hydrogens (tertiary/aromatic N) is 1. The van der Waals surface area contributed by atoms with Crippen molar-refractivity contribution < 1.29 is 18.5 Å². The quantitative estimate of drug-likeness (QED) is 0.785. The first-order valence-corrected chi connectivity index (χ1v) is 10.8. The van der Waals surface area contributed by atoms with Crippen LogP contribution in [0.4, 0.5) is 5.69 Å². The molecule has 3 N–H and O–H groups in total. The number of carbonyl (C=O) groups is 1. The highest BCUT2D eigenvalue weighted by Gasteiger charge is 2.32. The fraction of sp³-hybridized carbons (Fsp3) is 0.632. The van der Waals surface area contributed by atoms with Gasteiger partial charge >= 0.3 is 0 Å². The van der Waals surface area contributed by atoms with Crippen molar-refractivity contribution in [2.24, 2.45) is 11.8 Å². The summed E-state index contributed by atoms with van der Waals surface area (Å²) in [5, 5.41) is 5.02. The molecule has 1 aliphatic rings. The van der Waals surface area contributed by atoms with Crippen LogP contribution in [0, 0.1) is 11.8 Å². The lowest BCUT2D eigenvalue weighted by Gasteiger charge is -2.33. The van der Waals surface area contributed by atoms with Crippen LogP contribution in [0.2, 0.25) is 0 Å². The molecule has 0 aliphatic heterocycles. The van der Waals surface area contributed by atoms with E-state index in [1.165, 1.54) is 39.1 Å². The number of carbonyl (C=O) groups excluding carboxylic acids is 1. The first kappa shape index (κ1) is 20.9. The van der Waals surface area contributed by atoms with Gasteiger partial charge in [0.05, 0.1) is 10.9 Å². The Morgan fingerprint density at radius 1 is 1.27 bits per heavy atom. The summed E-state index contributed by atoms with van der Waals surface area (Å²) in [4.78, 5) is 12.7. The second-order valence-electron chi connectivity index (χ2n) is 7.72. The zero-order valence-electron chi connectivity index (χ0n) is 16.4. The maximum Gasteiger partial charge on any atom is 0.282 e. The molecule has 26 heavy (non-hydrogen) atoms. The van der Waals surface area contributed by atoms with Gasteiger partial charge in [-0.3, -0.25) is 4.79 Å². The molecule has 0 bridgehead atoms. The van der Waals surface area contributed by atoms with Crippen molar-refractivity contribution in [1.82, 2.24) is 4.31 Å². The van der Waals surface area contributed by atoms with Crippen LogP contribution in [-0.4, -0.2) is 44.8 Å². The second kappa shape index (κ2) is 8.50. The number of sulfonamides is 1. The molecule has 0 aromatic heterocycles. The van der Waals surface area contributed by atoms with Crippen LogP contribution < -0.4 is 10.6 Å². The topological polar surface area (TPSA) is 83.1 Å². The van der Waals surface area contributed by atoms with E-state index in [1.807, 2.05) is 6.92 Å². The van der Waals surface area contributed by atoms with Gasteiger partial charge in [-0.1, -0.05) is 19.9 Å². The number of nitrogens with one attached hydrogen (secondary N) is 1. The van der Waals surface area contributed by atoms with E-state index in [0.717, 1.165) is 10.7 Å². The van der Waals surface area contributed by atoms with E-state index >= 15 is 0 Å². The summed E-state index contributed by atoms with van der Waals surface area (Å²) >= 11 is 0. The molecule has 0 saturated heterocycles. The van der Waals surface area contributed by atoms with Crippen LogP contribution in [0.5, 0.6) is 0 Å². The zero-order valence-corrected chi connectivity index (χ0v) is 17.2. The first-order chi connectivity index (χ1) is 12.1. The Morgan fingerprint density at radius 3 is 2.62 bits per heavy atom. The Bertz CT molecular complexity index is 733. The smallest absolute Gasteiger partial charge is 0.282 e. The summed E-state index contributed by atoms with van der Waals surface area (Å²) in [7, 11) is -0.537. The normalized spacial score (nSPS) is 25.1. The van der Waals surface area contributed by atoms with Gasteiger partial charge < -0.3 is 10.6 Å². The molecule has 0 spiro atoms. The molecule has 0 radical (unpaired) electrons. The van der Waals surface area contributed by atoms with Gasteiger partial charge in [-0.25, -0.2) is 12.7 Å². The minimum absolute atomic E-state index is 0.102. The number of quaternary nitrogens is 1. The standard InChI is InChI=1S/C19H31N3O3S/c1-13-8-6-11-18(14(13)2)20-15(3)19(23)21-16-9-7-10-17(12-16)26(24,25)22(4)5/h7,9-10,12-15,18,20H,6,8,11H2,1-5H3,(H,21,23)/p+1/t13-,14+,15-,18-/m0/s1. The number of hydrogen-bond acceptors (Lipinski definition) is 3. The third kappa shape index (κ3) is 4.84. The summed E-state index contributed by atoms with van der Waals surface area (Å²) in [5.74, 6) is 1.18. The van der Waals surface area contributed by atoms with E-state index in [-0.39, 0.29) is 16.8 Å². The van der Waals surface area contributed by atoms with Crippen LogP contribution in [-0.2, 0) is 14.8 Å². The van der Waals surface area contributed by atoms with Gasteiger partial charge in [0, 0.05) is 25.7 Å². The van der Waals surface area contributed by atoms with Gasteiger partial charge in [-0.05, 0) is 50.3 Å². The molecular weight excluding hydrogens is 350 g/mol. The summed E-state index contributed by atoms with van der Waals surface area (Å²) in [6.07, 6.45) is 3.62. The lowest BCUT2D eigenvalue weighted by atomic mass is 9.78. The average Bonchev–Trinajstić information content (AvgIpc) is 2.59. The molecule has 1 amide bonds. The number of nitrogens with two attached hydrogens (primary N) is 1. The van der Waals surface area contributed by atoms with E-state index in [4.69, 9.17) is 0 Å². The lowest BCUT2D eigenvalue weighted by molar-refractivity contribution is -0.715. The van der Waals surface area contributed by atoms with Crippen LogP contribution in [0.25, 0.3) is 0 Å². The van der Waals surface area contributed by atoms with Gasteiger partial charge in [0.15, 0.2) is 6.04 Å². The highest BCUT2D eigenvalue weighted by Crippen LogP contribution is 2.27. The predicted octanol–water partition coefficient (Wildman–Crippen LogP) is 1.65. The fourth-order valence-electron chi connectivity index (χ4n) is 3.55. The van der Waals surface area contributed by atoms with Crippen molar-refractivity contribution in [1.29, 1.82) is 0 Å². The van der Waals surface area contributed by atoms with E-state index in [0.29, 0.717) is 23.6 Å². The second-order valence-corrected chi connectivity index (χ2v) is 9.87. The Labute approximate surface area is 157 Å². The minimum atomic E-state index is -3.52. The molecule has 0 heterocycles. The Balaban J connectivity index is 2.03. The molecule has 7 heteroatoms. The van der Waals surface area contributed by atoms with Gasteiger partial charge in [-0.2, -0.15) is 0 Å². The van der Waals surface area contributed by atoms with E-state index in [9.17, 15) is 13.2 Å². The summed E-state index contributed by atoms with van der Waals surface area (Å²) in [6, 6.07) is 6.63. The van der Waals surface area contributed by atoms with Gasteiger partial charge in [0.1, 0.15) is 0 Å². The summed E-state index contributed by atoms with van der Waals surface area (Å²) in [6.45, 7) is 6.46. The zero-order chi connectivity index (χ0) is 19.5. The van der Waals surface area contributed by atoms with E-state index in [2.05, 4.69) is 24.5 Å². The Morgan fingerprint density at radius 2 is 1.96 bits per heavy atom. The maximum absolute atomic E-state index is 12.6. The van der Waals surface area contributed by atoms with Crippen molar-refractivity contribution in [3.8, 4) is 0 Å². The maximum atomic E-state index is 12.6. The lowest BCUT2D eigenvalue weighted by Crippen LogP contribution is -2.97. The van der Waals surface area contributed by atoms with Crippen LogP contribution >= 0.6 is 0 Å². The number of rotatable bonds is 6. The highest BCUT2D eigenvalue weighted by atomic mass is 32.2. The molecule has 1 saturated carbocycles. The van der Waals surface area contributed by atoms with Gasteiger partial charge in [0.2, 0.25) is 10.0 Å². The molecule has 1 aromatic rings. The SMILES string of the molecule is C[C@H]1[C@@H]([NH2+][C@@H](C)C(=O)Nc2cccc(S(=O)(=O)N(C)C)c2)CCC[C@@H]1C. The van der Waals surface area contributed by atoms with Crippen molar-refractivity contribution in [3.05, 3.63) is 24.3 Å². The summed E-state index contributed by atoms with van der Waals surface area (Å²) in [5.41, 5.74) is 0.503. The largest absolute Gasteiger partial charge is 0.334 e. The molecule has 1 fully saturated rings. The van der Waals surface area contributed by atoms with Crippen molar-refractivity contribution in [2.45, 2.75) is 57.0 Å². The number of amides is 1. The predicted molar refractivity (Wildman–Crippen MR) is 103 cm³/mol. The fourth-order valence-corrected chi connectivity index (χ4v) is 4.50. The van der Waals surface area contributed by atoms with Gasteiger partial charge in [0.25, 0.3) is 5.91 Å². The van der Waals surface area contributed by atoms with Crippen molar-refractivity contribution >= 4 is 21.6 Å². The Hall–Kier alpha value is -1.44. The molecule has 1 aliphatic carbocycles. The molecule has 146 valence electrons. The number of anilines is 1. The molecule has 4 atom stereocenters. The minimum Gasteiger partial charge on any atom is -0.334 e. The van der Waals surface area contributed by atoms with E-state index < -0.39 is 10.0 Å². The highest BCUT2D eigenvalue weighted by molar-refractivity contribution is 7.89. The third-order valence-corrected chi connectivity index (χ3v) is 7.41. The molecule has 1 aromatic carbocycles. The van der Waals surface area contributed by atoms with Crippen LogP contribution in [0.15, 0.2) is 29.2 Å². The van der Waals surface area contributed by atoms with Crippen LogP contribution in [0.1, 0.15) is 40.0 Å². The van der Waals surface area contributed by atoms with E-state index in [1.54, 1.807) is 12.1 Å². The van der Waals surface area contributed by atoms with Crippen molar-refractivity contribution in [2.75, 3.05) is 19.4 Å². The number of hydrogen-bond donors (Lipinski definition) is 2. The monoisotopic (exact) mass is 382 g/mol. The van der Waals surface area contributed by atoms with Crippen molar-refractivity contribution in [3.63, 3.8) is 0 Å². The molecular formula is C19H32N3O3S+. The van der Waals surface area contributed by atoms with Gasteiger partial charge in [-0.15, -0.1) is 0 Å². The number of benzene rings is 1.